The molecule has 4 rings (SSSR count). The minimum Gasteiger partial charge on any atom is -0.278 e. The van der Waals surface area contributed by atoms with Crippen molar-refractivity contribution in [3.8, 4) is 0 Å². The molecule has 1 saturated carbocycles. The third-order valence-electron chi connectivity index (χ3n) is 6.11. The lowest BCUT2D eigenvalue weighted by atomic mass is 9.91. The third-order valence-corrected chi connectivity index (χ3v) is 7.61. The molecule has 1 spiro atoms. The maximum atomic E-state index is 13.4. The highest BCUT2D eigenvalue weighted by molar-refractivity contribution is 7.92. The highest BCUT2D eigenvalue weighted by Gasteiger charge is 2.70. The number of benzene rings is 1. The van der Waals surface area contributed by atoms with Gasteiger partial charge in [-0.2, -0.15) is 13.2 Å². The average Bonchev–Trinajstić information content (AvgIpc) is 3.32. The number of sulfone groups is 1. The van der Waals surface area contributed by atoms with E-state index in [2.05, 4.69) is 4.98 Å². The van der Waals surface area contributed by atoms with Crippen LogP contribution in [0.15, 0.2) is 47.5 Å². The molecule has 2 atom stereocenters. The second kappa shape index (κ2) is 7.02. The van der Waals surface area contributed by atoms with Crippen LogP contribution in [0.1, 0.15) is 39.8 Å². The van der Waals surface area contributed by atoms with E-state index in [1.54, 1.807) is 18.3 Å². The number of pyridine rings is 1. The molecule has 3 amide bonds. The van der Waals surface area contributed by atoms with Gasteiger partial charge in [0.1, 0.15) is 5.54 Å². The molecule has 11 heteroatoms. The average molecular weight is 481 g/mol. The van der Waals surface area contributed by atoms with Gasteiger partial charge in [0.15, 0.2) is 0 Å². The fourth-order valence-corrected chi connectivity index (χ4v) is 4.87. The van der Waals surface area contributed by atoms with E-state index in [0.29, 0.717) is 12.1 Å². The summed E-state index contributed by atoms with van der Waals surface area (Å²) in [6, 6.07) is 6.29. The molecule has 1 aromatic carbocycles. The van der Waals surface area contributed by atoms with Gasteiger partial charge in [-0.1, -0.05) is 27.7 Å². The summed E-state index contributed by atoms with van der Waals surface area (Å²) >= 11 is 0. The van der Waals surface area contributed by atoms with Crippen LogP contribution in [-0.2, 0) is 20.0 Å². The smallest absolute Gasteiger partial charge is 0.278 e. The third kappa shape index (κ3) is 3.40. The molecule has 1 aliphatic heterocycles. The second-order valence-corrected chi connectivity index (χ2v) is 11.3. The molecule has 0 bridgehead atoms. The Balaban J connectivity index is 1.75. The quantitative estimate of drug-likeness (QED) is 0.606. The number of carbonyl (C=O) groups is 2. The van der Waals surface area contributed by atoms with Crippen molar-refractivity contribution in [1.82, 2.24) is 4.98 Å². The largest absolute Gasteiger partial charge is 0.501 e. The lowest BCUT2D eigenvalue weighted by Gasteiger charge is -2.25. The molecule has 1 aromatic heterocycles. The van der Waals surface area contributed by atoms with Crippen LogP contribution in [0, 0.1) is 5.92 Å². The van der Waals surface area contributed by atoms with Gasteiger partial charge in [0.05, 0.1) is 16.3 Å². The van der Waals surface area contributed by atoms with Crippen LogP contribution in [0.2, 0.25) is 0 Å². The number of imide groups is 1. The number of amides is 3. The molecule has 2 unspecified atom stereocenters. The monoisotopic (exact) mass is 481 g/mol. The number of anilines is 2. The van der Waals surface area contributed by atoms with Gasteiger partial charge in [0.25, 0.3) is 15.7 Å². The van der Waals surface area contributed by atoms with Gasteiger partial charge in [0, 0.05) is 17.3 Å². The Bertz CT molecular complexity index is 1250. The first-order valence-corrected chi connectivity index (χ1v) is 11.7. The molecule has 2 heterocycles. The van der Waals surface area contributed by atoms with E-state index >= 15 is 0 Å². The standard InChI is InChI=1S/C22H22F3N3O4S/c1-13-12-21(13)18(29)27(14-5-7-16(8-6-14)33(31,32)22(23,24)25)19(30)28(21)15-9-10-26-17(11-15)20(2,3)4/h5-11,13H,12H2,1-4H3. The van der Waals surface area contributed by atoms with E-state index in [1.807, 2.05) is 27.7 Å². The van der Waals surface area contributed by atoms with Crippen molar-refractivity contribution in [2.45, 2.75) is 55.5 Å². The molecule has 33 heavy (non-hydrogen) atoms. The SMILES string of the molecule is CC1CC12C(=O)N(c1ccc(S(=O)(=O)C(F)(F)F)cc1)C(=O)N2c1ccnc(C(C)(C)C)c1. The Hall–Kier alpha value is -2.95. The number of carbonyl (C=O) groups excluding carboxylic acids is 2. The first-order valence-electron chi connectivity index (χ1n) is 10.2. The van der Waals surface area contributed by atoms with Crippen LogP contribution >= 0.6 is 0 Å². The highest BCUT2D eigenvalue weighted by Crippen LogP contribution is 2.55. The minimum atomic E-state index is -5.54. The molecule has 2 aliphatic rings. The van der Waals surface area contributed by atoms with Gasteiger partial charge in [-0.05, 0) is 48.7 Å². The van der Waals surface area contributed by atoms with Crippen molar-refractivity contribution >= 4 is 33.2 Å². The van der Waals surface area contributed by atoms with E-state index < -0.39 is 37.7 Å². The summed E-state index contributed by atoms with van der Waals surface area (Å²) in [6.45, 7) is 7.74. The molecule has 1 aliphatic carbocycles. The molecule has 0 N–H and O–H groups in total. The minimum absolute atomic E-state index is 0.00259. The summed E-state index contributed by atoms with van der Waals surface area (Å²) in [5.74, 6) is -0.629. The van der Waals surface area contributed by atoms with Crippen LogP contribution < -0.4 is 9.80 Å². The van der Waals surface area contributed by atoms with Gasteiger partial charge in [0.2, 0.25) is 0 Å². The Morgan fingerprint density at radius 2 is 1.61 bits per heavy atom. The molecule has 0 radical (unpaired) electrons. The molecular weight excluding hydrogens is 459 g/mol. The lowest BCUT2D eigenvalue weighted by Crippen LogP contribution is -2.39. The zero-order chi connectivity index (χ0) is 24.6. The molecular formula is C22H22F3N3O4S. The number of hydrogen-bond acceptors (Lipinski definition) is 5. The van der Waals surface area contributed by atoms with Crippen molar-refractivity contribution in [2.24, 2.45) is 5.92 Å². The second-order valence-electron chi connectivity index (χ2n) is 9.38. The summed E-state index contributed by atoms with van der Waals surface area (Å²) in [6.07, 6.45) is 2.00. The summed E-state index contributed by atoms with van der Waals surface area (Å²) in [7, 11) is -5.54. The van der Waals surface area contributed by atoms with E-state index in [0.717, 1.165) is 34.9 Å². The summed E-state index contributed by atoms with van der Waals surface area (Å²) in [5.41, 5.74) is -5.63. The van der Waals surface area contributed by atoms with Crippen molar-refractivity contribution in [3.63, 3.8) is 0 Å². The van der Waals surface area contributed by atoms with Crippen LogP contribution in [0.5, 0.6) is 0 Å². The van der Waals surface area contributed by atoms with Crippen molar-refractivity contribution in [2.75, 3.05) is 9.80 Å². The van der Waals surface area contributed by atoms with E-state index in [1.165, 1.54) is 4.90 Å². The van der Waals surface area contributed by atoms with Crippen LogP contribution in [0.3, 0.4) is 0 Å². The van der Waals surface area contributed by atoms with Gasteiger partial charge in [-0.3, -0.25) is 14.7 Å². The Labute approximate surface area is 189 Å². The number of alkyl halides is 3. The molecule has 2 fully saturated rings. The van der Waals surface area contributed by atoms with Gasteiger partial charge in [-0.15, -0.1) is 0 Å². The lowest BCUT2D eigenvalue weighted by molar-refractivity contribution is -0.119. The molecule has 176 valence electrons. The summed E-state index contributed by atoms with van der Waals surface area (Å²) < 4.78 is 61.8. The fourth-order valence-electron chi connectivity index (χ4n) is 4.11. The predicted octanol–water partition coefficient (Wildman–Crippen LogP) is 4.42. The van der Waals surface area contributed by atoms with Crippen molar-refractivity contribution in [3.05, 3.63) is 48.3 Å². The maximum Gasteiger partial charge on any atom is 0.501 e. The predicted molar refractivity (Wildman–Crippen MR) is 114 cm³/mol. The number of urea groups is 1. The van der Waals surface area contributed by atoms with Gasteiger partial charge in [-0.25, -0.2) is 18.1 Å². The van der Waals surface area contributed by atoms with Crippen molar-refractivity contribution in [1.29, 1.82) is 0 Å². The Morgan fingerprint density at radius 1 is 1.03 bits per heavy atom. The van der Waals surface area contributed by atoms with Crippen LogP contribution in [-0.4, -0.2) is 36.4 Å². The fraction of sp³-hybridized carbons (Fsp3) is 0.409. The number of aromatic nitrogens is 1. The van der Waals surface area contributed by atoms with Gasteiger partial charge >= 0.3 is 11.5 Å². The molecule has 2 aromatic rings. The zero-order valence-corrected chi connectivity index (χ0v) is 19.2. The van der Waals surface area contributed by atoms with Crippen LogP contribution in [0.25, 0.3) is 0 Å². The Morgan fingerprint density at radius 3 is 2.09 bits per heavy atom. The normalized spacial score (nSPS) is 23.5. The number of halogens is 3. The highest BCUT2D eigenvalue weighted by atomic mass is 32.2. The number of rotatable bonds is 3. The first kappa shape index (κ1) is 23.2. The van der Waals surface area contributed by atoms with Crippen LogP contribution in [0.4, 0.5) is 29.3 Å². The van der Waals surface area contributed by atoms with Crippen molar-refractivity contribution < 1.29 is 31.2 Å². The zero-order valence-electron chi connectivity index (χ0n) is 18.3. The van der Waals surface area contributed by atoms with E-state index in [-0.39, 0.29) is 17.0 Å². The summed E-state index contributed by atoms with van der Waals surface area (Å²) in [5, 5.41) is 0. The number of nitrogens with zero attached hydrogens (tertiary/aromatic N) is 3. The first-order chi connectivity index (χ1) is 15.1. The number of hydrogen-bond donors (Lipinski definition) is 0. The Kier molecular flexibility index (Phi) is 4.94. The van der Waals surface area contributed by atoms with Gasteiger partial charge < -0.3 is 0 Å². The topological polar surface area (TPSA) is 87.7 Å². The van der Waals surface area contributed by atoms with E-state index in [9.17, 15) is 31.2 Å². The maximum absolute atomic E-state index is 13.4. The molecule has 1 saturated heterocycles. The summed E-state index contributed by atoms with van der Waals surface area (Å²) in [4.78, 5) is 32.5. The molecule has 7 nitrogen and oxygen atoms in total. The van der Waals surface area contributed by atoms with E-state index in [4.69, 9.17) is 0 Å².